The van der Waals surface area contributed by atoms with Gasteiger partial charge in [-0.3, -0.25) is 0 Å². The van der Waals surface area contributed by atoms with E-state index in [4.69, 9.17) is 10.6 Å². The summed E-state index contributed by atoms with van der Waals surface area (Å²) in [6.45, 7) is 5.98. The number of ether oxygens (including phenoxy) is 1. The van der Waals surface area contributed by atoms with E-state index in [9.17, 15) is 0 Å². The third kappa shape index (κ3) is 2.43. The van der Waals surface area contributed by atoms with Crippen LogP contribution in [0.2, 0.25) is 0 Å². The second kappa shape index (κ2) is 4.67. The lowest BCUT2D eigenvalue weighted by Gasteiger charge is -2.36. The molecule has 2 rings (SSSR count). The Labute approximate surface area is 95.6 Å². The van der Waals surface area contributed by atoms with Crippen LogP contribution >= 0.6 is 0 Å². The quantitative estimate of drug-likeness (QED) is 0.577. The summed E-state index contributed by atoms with van der Waals surface area (Å²) >= 11 is 0. The van der Waals surface area contributed by atoms with Gasteiger partial charge in [-0.25, -0.2) is 10.8 Å². The van der Waals surface area contributed by atoms with Crippen molar-refractivity contribution in [1.82, 2.24) is 4.98 Å². The molecule has 3 N–H and O–H groups in total. The van der Waals surface area contributed by atoms with E-state index in [1.165, 1.54) is 0 Å². The van der Waals surface area contributed by atoms with Gasteiger partial charge in [-0.05, 0) is 19.9 Å². The van der Waals surface area contributed by atoms with Crippen LogP contribution < -0.4 is 16.2 Å². The van der Waals surface area contributed by atoms with Crippen molar-refractivity contribution in [3.8, 4) is 0 Å². The Bertz CT molecular complexity index is 348. The molecule has 1 aromatic heterocycles. The van der Waals surface area contributed by atoms with Crippen molar-refractivity contribution in [1.29, 1.82) is 0 Å². The van der Waals surface area contributed by atoms with Gasteiger partial charge in [0.05, 0.1) is 12.2 Å². The molecule has 16 heavy (non-hydrogen) atoms. The van der Waals surface area contributed by atoms with E-state index in [0.717, 1.165) is 18.8 Å². The summed E-state index contributed by atoms with van der Waals surface area (Å²) < 4.78 is 5.70. The van der Waals surface area contributed by atoms with Crippen LogP contribution in [-0.4, -0.2) is 30.3 Å². The minimum absolute atomic E-state index is 0.256. The highest BCUT2D eigenvalue weighted by Gasteiger charge is 2.22. The van der Waals surface area contributed by atoms with Crippen LogP contribution in [0.15, 0.2) is 18.3 Å². The molecule has 0 amide bonds. The Morgan fingerprint density at radius 3 is 2.75 bits per heavy atom. The van der Waals surface area contributed by atoms with Gasteiger partial charge in [-0.2, -0.15) is 0 Å². The fourth-order valence-electron chi connectivity index (χ4n) is 2.08. The van der Waals surface area contributed by atoms with Gasteiger partial charge in [-0.15, -0.1) is 0 Å². The number of nitrogens with one attached hydrogen (secondary N) is 1. The van der Waals surface area contributed by atoms with E-state index < -0.39 is 0 Å². The molecule has 0 saturated carbocycles. The standard InChI is InChI=1S/C11H18N4O/c1-8-6-15(7-9(2)16-8)10-3-4-13-11(5-10)14-12/h3-5,8-9H,6-7,12H2,1-2H3,(H,13,14). The van der Waals surface area contributed by atoms with Crippen LogP contribution in [0.5, 0.6) is 0 Å². The first-order valence-electron chi connectivity index (χ1n) is 5.52. The van der Waals surface area contributed by atoms with Crippen molar-refractivity contribution in [2.24, 2.45) is 5.84 Å². The van der Waals surface area contributed by atoms with Crippen LogP contribution in [0, 0.1) is 0 Å². The maximum atomic E-state index is 5.70. The molecule has 2 unspecified atom stereocenters. The molecule has 1 aromatic rings. The molecule has 0 bridgehead atoms. The molecule has 0 aromatic carbocycles. The molecule has 0 spiro atoms. The van der Waals surface area contributed by atoms with E-state index in [-0.39, 0.29) is 12.2 Å². The molecule has 1 aliphatic rings. The van der Waals surface area contributed by atoms with Crippen molar-refractivity contribution in [2.45, 2.75) is 26.1 Å². The molecular formula is C11H18N4O. The highest BCUT2D eigenvalue weighted by atomic mass is 16.5. The highest BCUT2D eigenvalue weighted by Crippen LogP contribution is 2.21. The first-order chi connectivity index (χ1) is 7.69. The minimum atomic E-state index is 0.256. The third-order valence-electron chi connectivity index (χ3n) is 2.68. The fraction of sp³-hybridized carbons (Fsp3) is 0.545. The summed E-state index contributed by atoms with van der Waals surface area (Å²) in [4.78, 5) is 6.39. The summed E-state index contributed by atoms with van der Waals surface area (Å²) in [5, 5.41) is 0. The molecule has 0 aliphatic carbocycles. The number of anilines is 2. The summed E-state index contributed by atoms with van der Waals surface area (Å²) in [5.74, 6) is 6.03. The van der Waals surface area contributed by atoms with Gasteiger partial charge in [0.25, 0.3) is 0 Å². The number of hydrazine groups is 1. The molecule has 5 nitrogen and oxygen atoms in total. The van der Waals surface area contributed by atoms with Crippen molar-refractivity contribution >= 4 is 11.5 Å². The number of aromatic nitrogens is 1. The zero-order chi connectivity index (χ0) is 11.5. The first-order valence-corrected chi connectivity index (χ1v) is 5.52. The van der Waals surface area contributed by atoms with E-state index in [0.29, 0.717) is 5.82 Å². The predicted octanol–water partition coefficient (Wildman–Crippen LogP) is 0.981. The number of hydrogen-bond acceptors (Lipinski definition) is 5. The largest absolute Gasteiger partial charge is 0.372 e. The third-order valence-corrected chi connectivity index (χ3v) is 2.68. The molecule has 5 heteroatoms. The zero-order valence-corrected chi connectivity index (χ0v) is 9.68. The number of nitrogens with two attached hydrogens (primary N) is 1. The number of pyridine rings is 1. The SMILES string of the molecule is CC1CN(c2ccnc(NN)c2)CC(C)O1. The fourth-order valence-corrected chi connectivity index (χ4v) is 2.08. The zero-order valence-electron chi connectivity index (χ0n) is 9.68. The van der Waals surface area contributed by atoms with Gasteiger partial charge in [-0.1, -0.05) is 0 Å². The summed E-state index contributed by atoms with van der Waals surface area (Å²) in [6.07, 6.45) is 2.27. The van der Waals surface area contributed by atoms with Gasteiger partial charge in [0.1, 0.15) is 5.82 Å². The van der Waals surface area contributed by atoms with Crippen LogP contribution in [0.3, 0.4) is 0 Å². The first kappa shape index (κ1) is 11.2. The smallest absolute Gasteiger partial charge is 0.141 e. The van der Waals surface area contributed by atoms with Crippen LogP contribution in [0.4, 0.5) is 11.5 Å². The Hall–Kier alpha value is -1.33. The average molecular weight is 222 g/mol. The van der Waals surface area contributed by atoms with E-state index in [2.05, 4.69) is 29.2 Å². The van der Waals surface area contributed by atoms with Crippen molar-refractivity contribution in [3.63, 3.8) is 0 Å². The van der Waals surface area contributed by atoms with Crippen molar-refractivity contribution < 1.29 is 4.74 Å². The molecule has 2 heterocycles. The lowest BCUT2D eigenvalue weighted by atomic mass is 10.2. The second-order valence-electron chi connectivity index (χ2n) is 4.21. The lowest BCUT2D eigenvalue weighted by Crippen LogP contribution is -2.45. The average Bonchev–Trinajstić information content (AvgIpc) is 2.28. The van der Waals surface area contributed by atoms with Gasteiger partial charge in [0.15, 0.2) is 0 Å². The Morgan fingerprint density at radius 1 is 1.44 bits per heavy atom. The summed E-state index contributed by atoms with van der Waals surface area (Å²) in [5.41, 5.74) is 3.69. The molecule has 1 saturated heterocycles. The summed E-state index contributed by atoms with van der Waals surface area (Å²) in [6, 6.07) is 3.94. The topological polar surface area (TPSA) is 63.4 Å². The minimum Gasteiger partial charge on any atom is -0.372 e. The lowest BCUT2D eigenvalue weighted by molar-refractivity contribution is -0.00521. The van der Waals surface area contributed by atoms with Gasteiger partial charge >= 0.3 is 0 Å². The van der Waals surface area contributed by atoms with Crippen LogP contribution in [0.1, 0.15) is 13.8 Å². The maximum Gasteiger partial charge on any atom is 0.141 e. The van der Waals surface area contributed by atoms with E-state index in [1.807, 2.05) is 12.1 Å². The molecule has 88 valence electrons. The molecule has 0 radical (unpaired) electrons. The normalized spacial score (nSPS) is 25.6. The second-order valence-corrected chi connectivity index (χ2v) is 4.21. The Balaban J connectivity index is 2.16. The number of nitrogen functional groups attached to an aromatic ring is 1. The molecule has 1 fully saturated rings. The monoisotopic (exact) mass is 222 g/mol. The van der Waals surface area contributed by atoms with Crippen LogP contribution in [0.25, 0.3) is 0 Å². The van der Waals surface area contributed by atoms with Gasteiger partial charge in [0.2, 0.25) is 0 Å². The van der Waals surface area contributed by atoms with Crippen molar-refractivity contribution in [3.05, 3.63) is 18.3 Å². The summed E-state index contributed by atoms with van der Waals surface area (Å²) in [7, 11) is 0. The maximum absolute atomic E-state index is 5.70. The van der Waals surface area contributed by atoms with Crippen molar-refractivity contribution in [2.75, 3.05) is 23.4 Å². The molecular weight excluding hydrogens is 204 g/mol. The Morgan fingerprint density at radius 2 is 2.12 bits per heavy atom. The number of morpholine rings is 1. The predicted molar refractivity (Wildman–Crippen MR) is 64.3 cm³/mol. The number of rotatable bonds is 2. The molecule has 2 atom stereocenters. The Kier molecular flexibility index (Phi) is 3.26. The van der Waals surface area contributed by atoms with Gasteiger partial charge in [0, 0.05) is 31.0 Å². The molecule has 1 aliphatic heterocycles. The number of hydrogen-bond donors (Lipinski definition) is 2. The van der Waals surface area contributed by atoms with E-state index in [1.54, 1.807) is 6.20 Å². The highest BCUT2D eigenvalue weighted by molar-refractivity contribution is 5.53. The van der Waals surface area contributed by atoms with E-state index >= 15 is 0 Å². The van der Waals surface area contributed by atoms with Crippen LogP contribution in [-0.2, 0) is 4.74 Å². The van der Waals surface area contributed by atoms with Gasteiger partial charge < -0.3 is 15.1 Å². The number of nitrogens with zero attached hydrogens (tertiary/aromatic N) is 2.